The molecule has 0 fully saturated rings. The van der Waals surface area contributed by atoms with E-state index in [1.807, 2.05) is 24.3 Å². The number of hydrogen-bond acceptors (Lipinski definition) is 4. The lowest BCUT2D eigenvalue weighted by Crippen LogP contribution is -2.14. The summed E-state index contributed by atoms with van der Waals surface area (Å²) in [6.45, 7) is 5.05. The van der Waals surface area contributed by atoms with Gasteiger partial charge < -0.3 is 9.47 Å². The molecule has 0 atom stereocenters. The van der Waals surface area contributed by atoms with Crippen LogP contribution in [0.5, 0.6) is 11.5 Å². The monoisotopic (exact) mass is 551 g/mol. The van der Waals surface area contributed by atoms with Crippen molar-refractivity contribution in [1.29, 1.82) is 0 Å². The first-order chi connectivity index (χ1) is 19.5. The van der Waals surface area contributed by atoms with Gasteiger partial charge in [0.1, 0.15) is 28.7 Å². The smallest absolute Gasteiger partial charge is 0.349 e. The Kier molecular flexibility index (Phi) is 13.6. The lowest BCUT2D eigenvalue weighted by Gasteiger charge is -2.09. The van der Waals surface area contributed by atoms with Crippen molar-refractivity contribution in [3.63, 3.8) is 0 Å². The van der Waals surface area contributed by atoms with Crippen molar-refractivity contribution in [3.05, 3.63) is 77.5 Å². The maximum Gasteiger partial charge on any atom is 0.349 e. The maximum absolute atomic E-state index is 14.6. The van der Waals surface area contributed by atoms with E-state index in [1.54, 1.807) is 12.1 Å². The molecule has 0 saturated carbocycles. The number of pyridine rings is 1. The minimum Gasteiger partial charge on any atom is -0.494 e. The van der Waals surface area contributed by atoms with Crippen LogP contribution in [0.3, 0.4) is 0 Å². The molecular weight excluding hydrogens is 508 g/mol. The highest BCUT2D eigenvalue weighted by Gasteiger charge is 2.21. The zero-order chi connectivity index (χ0) is 28.6. The largest absolute Gasteiger partial charge is 0.494 e. The van der Waals surface area contributed by atoms with E-state index in [-0.39, 0.29) is 5.75 Å². The molecule has 0 bridgehead atoms. The van der Waals surface area contributed by atoms with E-state index >= 15 is 0 Å². The van der Waals surface area contributed by atoms with Crippen molar-refractivity contribution in [2.45, 2.75) is 97.3 Å². The number of ether oxygens (including phenoxy) is 2. The highest BCUT2D eigenvalue weighted by molar-refractivity contribution is 5.91. The molecule has 0 unspecified atom stereocenters. The van der Waals surface area contributed by atoms with Crippen molar-refractivity contribution in [2.24, 2.45) is 0 Å². The normalized spacial score (nSPS) is 11.0. The average molecular weight is 552 g/mol. The number of aryl methyl sites for hydroxylation is 1. The Balaban J connectivity index is 1.46. The van der Waals surface area contributed by atoms with Gasteiger partial charge in [0.2, 0.25) is 0 Å². The first kappa shape index (κ1) is 31.3. The van der Waals surface area contributed by atoms with Gasteiger partial charge >= 0.3 is 5.97 Å². The SMILES string of the molecule is CCCCCCCCCCOc1ccc(-c2ccc(OC(=O)c3c(F)cc(CCCCCC)cc3F)cn2)cc1. The summed E-state index contributed by atoms with van der Waals surface area (Å²) in [5, 5.41) is 0. The van der Waals surface area contributed by atoms with E-state index in [2.05, 4.69) is 18.8 Å². The highest BCUT2D eigenvalue weighted by atomic mass is 19.1. The second-order valence-electron chi connectivity index (χ2n) is 10.4. The number of esters is 1. The second kappa shape index (κ2) is 17.4. The van der Waals surface area contributed by atoms with Gasteiger partial charge in [0.15, 0.2) is 0 Å². The van der Waals surface area contributed by atoms with Crippen LogP contribution in [0.25, 0.3) is 11.3 Å². The van der Waals surface area contributed by atoms with Crippen molar-refractivity contribution in [3.8, 4) is 22.8 Å². The Morgan fingerprint density at radius 1 is 0.725 bits per heavy atom. The van der Waals surface area contributed by atoms with Gasteiger partial charge in [-0.3, -0.25) is 4.98 Å². The molecule has 0 aliphatic rings. The van der Waals surface area contributed by atoms with Crippen LogP contribution in [0.1, 0.15) is 107 Å². The molecule has 3 rings (SSSR count). The van der Waals surface area contributed by atoms with Crippen LogP contribution in [-0.4, -0.2) is 17.6 Å². The fourth-order valence-electron chi connectivity index (χ4n) is 4.64. The maximum atomic E-state index is 14.6. The molecule has 0 N–H and O–H groups in total. The molecule has 0 radical (unpaired) electrons. The van der Waals surface area contributed by atoms with Crippen molar-refractivity contribution < 1.29 is 23.0 Å². The molecule has 0 saturated heterocycles. The van der Waals surface area contributed by atoms with Crippen LogP contribution in [0, 0.1) is 11.6 Å². The van der Waals surface area contributed by atoms with E-state index in [4.69, 9.17) is 9.47 Å². The number of halogens is 2. The van der Waals surface area contributed by atoms with Crippen LogP contribution < -0.4 is 9.47 Å². The summed E-state index contributed by atoms with van der Waals surface area (Å²) in [4.78, 5) is 16.9. The second-order valence-corrected chi connectivity index (χ2v) is 10.4. The summed E-state index contributed by atoms with van der Waals surface area (Å²) in [5.74, 6) is -1.98. The van der Waals surface area contributed by atoms with Crippen LogP contribution in [0.2, 0.25) is 0 Å². The number of nitrogens with zero attached hydrogens (tertiary/aromatic N) is 1. The summed E-state index contributed by atoms with van der Waals surface area (Å²) in [5.41, 5.74) is 1.41. The van der Waals surface area contributed by atoms with E-state index in [0.717, 1.165) is 43.4 Å². The van der Waals surface area contributed by atoms with Gasteiger partial charge in [-0.05, 0) is 73.4 Å². The zero-order valence-corrected chi connectivity index (χ0v) is 24.0. The van der Waals surface area contributed by atoms with Crippen LogP contribution in [-0.2, 0) is 6.42 Å². The molecule has 0 spiro atoms. The lowest BCUT2D eigenvalue weighted by molar-refractivity contribution is 0.0724. The van der Waals surface area contributed by atoms with Crippen LogP contribution in [0.4, 0.5) is 8.78 Å². The third kappa shape index (κ3) is 10.4. The van der Waals surface area contributed by atoms with E-state index in [0.29, 0.717) is 24.3 Å². The van der Waals surface area contributed by atoms with Crippen molar-refractivity contribution in [2.75, 3.05) is 6.61 Å². The topological polar surface area (TPSA) is 48.4 Å². The fraction of sp³-hybridized carbons (Fsp3) is 0.471. The quantitative estimate of drug-likeness (QED) is 0.117. The molecule has 0 aliphatic carbocycles. The molecule has 0 amide bonds. The molecule has 3 aromatic rings. The first-order valence-corrected chi connectivity index (χ1v) is 14.9. The molecule has 1 heterocycles. The van der Waals surface area contributed by atoms with Crippen molar-refractivity contribution >= 4 is 5.97 Å². The van der Waals surface area contributed by atoms with Gasteiger partial charge in [-0.1, -0.05) is 78.1 Å². The van der Waals surface area contributed by atoms with Gasteiger partial charge in [-0.25, -0.2) is 13.6 Å². The lowest BCUT2D eigenvalue weighted by atomic mass is 10.0. The standard InChI is InChI=1S/C34H43F2NO3/c1-3-5-7-9-10-11-12-14-22-39-28-18-16-27(17-19-28)32-21-20-29(25-37-32)40-34(38)33-30(35)23-26(24-31(33)36)15-13-8-6-4-2/h16-21,23-25H,3-15,22H2,1-2H3. The fourth-order valence-corrected chi connectivity index (χ4v) is 4.64. The number of benzene rings is 2. The Bertz CT molecular complexity index is 1140. The highest BCUT2D eigenvalue weighted by Crippen LogP contribution is 2.24. The molecule has 40 heavy (non-hydrogen) atoms. The molecule has 1 aromatic heterocycles. The molecule has 0 aliphatic heterocycles. The summed E-state index contributed by atoms with van der Waals surface area (Å²) in [6.07, 6.45) is 16.1. The molecule has 6 heteroatoms. The Labute approximate surface area is 238 Å². The number of hydrogen-bond donors (Lipinski definition) is 0. The summed E-state index contributed by atoms with van der Waals surface area (Å²) >= 11 is 0. The van der Waals surface area contributed by atoms with Gasteiger partial charge in [-0.2, -0.15) is 0 Å². The van der Waals surface area contributed by atoms with Gasteiger partial charge in [0.05, 0.1) is 18.5 Å². The predicted molar refractivity (Wildman–Crippen MR) is 157 cm³/mol. The molecular formula is C34H43F2NO3. The first-order valence-electron chi connectivity index (χ1n) is 14.9. The third-order valence-electron chi connectivity index (χ3n) is 6.99. The van der Waals surface area contributed by atoms with Crippen LogP contribution >= 0.6 is 0 Å². The number of unbranched alkanes of at least 4 members (excludes halogenated alkanes) is 10. The Hall–Kier alpha value is -3.28. The number of rotatable bonds is 18. The molecule has 4 nitrogen and oxygen atoms in total. The minimum atomic E-state index is -1.08. The Morgan fingerprint density at radius 3 is 1.90 bits per heavy atom. The van der Waals surface area contributed by atoms with Crippen molar-refractivity contribution in [1.82, 2.24) is 4.98 Å². The predicted octanol–water partition coefficient (Wildman–Crippen LogP) is 9.89. The summed E-state index contributed by atoms with van der Waals surface area (Å²) in [7, 11) is 0. The van der Waals surface area contributed by atoms with Gasteiger partial charge in [0, 0.05) is 5.56 Å². The van der Waals surface area contributed by atoms with E-state index < -0.39 is 23.2 Å². The number of aromatic nitrogens is 1. The van der Waals surface area contributed by atoms with Gasteiger partial charge in [-0.15, -0.1) is 0 Å². The van der Waals surface area contributed by atoms with E-state index in [1.165, 1.54) is 63.3 Å². The average Bonchev–Trinajstić information content (AvgIpc) is 2.95. The number of carbonyl (C=O) groups is 1. The van der Waals surface area contributed by atoms with Gasteiger partial charge in [0.25, 0.3) is 0 Å². The number of carbonyl (C=O) groups excluding carboxylic acids is 1. The molecule has 216 valence electrons. The van der Waals surface area contributed by atoms with E-state index in [9.17, 15) is 13.6 Å². The summed E-state index contributed by atoms with van der Waals surface area (Å²) in [6, 6.07) is 13.4. The minimum absolute atomic E-state index is 0.113. The zero-order valence-electron chi connectivity index (χ0n) is 24.0. The summed E-state index contributed by atoms with van der Waals surface area (Å²) < 4.78 is 40.2. The third-order valence-corrected chi connectivity index (χ3v) is 6.99. The Morgan fingerprint density at radius 2 is 1.30 bits per heavy atom. The molecule has 2 aromatic carbocycles. The van der Waals surface area contributed by atoms with Crippen LogP contribution in [0.15, 0.2) is 54.7 Å².